The van der Waals surface area contributed by atoms with Crippen molar-refractivity contribution in [2.75, 3.05) is 5.75 Å². The van der Waals surface area contributed by atoms with Crippen LogP contribution in [0.2, 0.25) is 0 Å². The molecule has 0 aliphatic carbocycles. The van der Waals surface area contributed by atoms with E-state index >= 15 is 0 Å². The molecule has 0 aliphatic heterocycles. The number of nitrogens with one attached hydrogen (secondary N) is 1. The average molecular weight is 497 g/mol. The van der Waals surface area contributed by atoms with Crippen molar-refractivity contribution in [1.29, 1.82) is 0 Å². The molecule has 31 heavy (non-hydrogen) atoms. The van der Waals surface area contributed by atoms with E-state index in [1.807, 2.05) is 41.0 Å². The van der Waals surface area contributed by atoms with Gasteiger partial charge in [-0.15, -0.1) is 10.2 Å². The van der Waals surface area contributed by atoms with Crippen LogP contribution in [-0.2, 0) is 11.3 Å². The second-order valence-electron chi connectivity index (χ2n) is 6.51. The molecule has 0 bridgehead atoms. The minimum absolute atomic E-state index is 0.0212. The Hall–Kier alpha value is -3.17. The van der Waals surface area contributed by atoms with Crippen LogP contribution in [0.15, 0.2) is 87.0 Å². The molecule has 2 amide bonds. The highest BCUT2D eigenvalue weighted by molar-refractivity contribution is 9.10. The lowest BCUT2D eigenvalue weighted by Crippen LogP contribution is -2.31. The molecule has 2 aromatic heterocycles. The number of amides is 2. The number of thioether (sulfide) groups is 1. The van der Waals surface area contributed by atoms with E-state index in [4.69, 9.17) is 4.42 Å². The Morgan fingerprint density at radius 2 is 1.68 bits per heavy atom. The van der Waals surface area contributed by atoms with Gasteiger partial charge in [-0.2, -0.15) is 0 Å². The average Bonchev–Trinajstić information content (AvgIpc) is 3.39. The first kappa shape index (κ1) is 21.1. The lowest BCUT2D eigenvalue weighted by Gasteiger charge is -2.09. The number of furan rings is 1. The Morgan fingerprint density at radius 1 is 0.968 bits per heavy atom. The number of aromatic nitrogens is 3. The number of imide groups is 1. The van der Waals surface area contributed by atoms with Crippen molar-refractivity contribution in [3.63, 3.8) is 0 Å². The summed E-state index contributed by atoms with van der Waals surface area (Å²) in [6.45, 7) is 0.508. The molecule has 0 saturated carbocycles. The van der Waals surface area contributed by atoms with E-state index in [1.54, 1.807) is 36.4 Å². The molecule has 0 unspecified atom stereocenters. The van der Waals surface area contributed by atoms with E-state index in [1.165, 1.54) is 11.8 Å². The van der Waals surface area contributed by atoms with E-state index in [-0.39, 0.29) is 5.75 Å². The van der Waals surface area contributed by atoms with Crippen LogP contribution in [0.4, 0.5) is 0 Å². The zero-order valence-electron chi connectivity index (χ0n) is 16.2. The molecule has 0 saturated heterocycles. The first-order valence-electron chi connectivity index (χ1n) is 9.35. The topological polar surface area (TPSA) is 90.0 Å². The zero-order valence-corrected chi connectivity index (χ0v) is 18.6. The van der Waals surface area contributed by atoms with Crippen LogP contribution in [0.25, 0.3) is 11.6 Å². The second-order valence-corrected chi connectivity index (χ2v) is 8.24. The van der Waals surface area contributed by atoms with Crippen molar-refractivity contribution < 1.29 is 14.0 Å². The summed E-state index contributed by atoms with van der Waals surface area (Å²) in [5.74, 6) is 0.296. The van der Waals surface area contributed by atoms with Gasteiger partial charge < -0.3 is 4.42 Å². The lowest BCUT2D eigenvalue weighted by molar-refractivity contribution is -0.117. The Morgan fingerprint density at radius 3 is 2.35 bits per heavy atom. The summed E-state index contributed by atoms with van der Waals surface area (Å²) in [7, 11) is 0. The smallest absolute Gasteiger partial charge is 0.257 e. The van der Waals surface area contributed by atoms with Crippen molar-refractivity contribution >= 4 is 39.5 Å². The monoisotopic (exact) mass is 496 g/mol. The fraction of sp³-hybridized carbons (Fsp3) is 0.0909. The van der Waals surface area contributed by atoms with Crippen LogP contribution in [0, 0.1) is 0 Å². The van der Waals surface area contributed by atoms with Gasteiger partial charge in [0.25, 0.3) is 5.91 Å². The fourth-order valence-electron chi connectivity index (χ4n) is 2.88. The van der Waals surface area contributed by atoms with E-state index in [9.17, 15) is 9.59 Å². The van der Waals surface area contributed by atoms with Gasteiger partial charge in [-0.25, -0.2) is 0 Å². The first-order chi connectivity index (χ1) is 15.1. The maximum Gasteiger partial charge on any atom is 0.257 e. The van der Waals surface area contributed by atoms with Gasteiger partial charge in [0.15, 0.2) is 15.6 Å². The van der Waals surface area contributed by atoms with Gasteiger partial charge in [-0.05, 0) is 45.8 Å². The summed E-state index contributed by atoms with van der Waals surface area (Å²) in [5, 5.41) is 11.5. The minimum Gasteiger partial charge on any atom is -0.446 e. The first-order valence-corrected chi connectivity index (χ1v) is 11.1. The van der Waals surface area contributed by atoms with Crippen LogP contribution in [0.5, 0.6) is 0 Å². The fourth-order valence-corrected chi connectivity index (χ4v) is 3.92. The lowest BCUT2D eigenvalue weighted by atomic mass is 10.2. The van der Waals surface area contributed by atoms with Crippen molar-refractivity contribution in [1.82, 2.24) is 20.1 Å². The summed E-state index contributed by atoms with van der Waals surface area (Å²) >= 11 is 4.51. The van der Waals surface area contributed by atoms with Crippen molar-refractivity contribution in [2.45, 2.75) is 11.7 Å². The van der Waals surface area contributed by atoms with Crippen LogP contribution in [0.1, 0.15) is 15.9 Å². The summed E-state index contributed by atoms with van der Waals surface area (Å²) in [5.41, 5.74) is 1.48. The quantitative estimate of drug-likeness (QED) is 0.381. The van der Waals surface area contributed by atoms with Crippen LogP contribution in [-0.4, -0.2) is 32.3 Å². The molecule has 0 aliphatic rings. The number of hydrogen-bond donors (Lipinski definition) is 1. The predicted molar refractivity (Wildman–Crippen MR) is 121 cm³/mol. The molecule has 0 atom stereocenters. The van der Waals surface area contributed by atoms with Crippen molar-refractivity contribution in [3.8, 4) is 11.6 Å². The third-order valence-electron chi connectivity index (χ3n) is 4.32. The summed E-state index contributed by atoms with van der Waals surface area (Å²) < 4.78 is 8.12. The molecule has 2 aromatic carbocycles. The molecule has 0 radical (unpaired) electrons. The van der Waals surface area contributed by atoms with Crippen molar-refractivity contribution in [2.24, 2.45) is 0 Å². The number of benzene rings is 2. The van der Waals surface area contributed by atoms with Gasteiger partial charge in [0.2, 0.25) is 11.7 Å². The molecular weight excluding hydrogens is 480 g/mol. The summed E-state index contributed by atoms with van der Waals surface area (Å²) in [6, 6.07) is 22.1. The number of hydrogen-bond acceptors (Lipinski definition) is 6. The van der Waals surface area contributed by atoms with Crippen LogP contribution in [0.3, 0.4) is 0 Å². The molecule has 9 heteroatoms. The Bertz CT molecular complexity index is 1190. The van der Waals surface area contributed by atoms with Crippen molar-refractivity contribution in [3.05, 3.63) is 88.6 Å². The number of carbonyl (C=O) groups is 2. The standard InChI is InChI=1S/C22H17BrN4O3S/c23-18-12-11-17(30-18)20-25-26-22(27(20)13-15-7-3-1-4-8-15)31-14-19(28)24-21(29)16-9-5-2-6-10-16/h1-12H,13-14H2,(H,24,28,29). The number of halogens is 1. The SMILES string of the molecule is O=C(CSc1nnc(-c2ccc(Br)o2)n1Cc1ccccc1)NC(=O)c1ccccc1. The third-order valence-corrected chi connectivity index (χ3v) is 5.71. The zero-order chi connectivity index (χ0) is 21.6. The molecular formula is C22H17BrN4O3S. The largest absolute Gasteiger partial charge is 0.446 e. The van der Waals surface area contributed by atoms with E-state index < -0.39 is 11.8 Å². The minimum atomic E-state index is -0.432. The molecule has 0 spiro atoms. The van der Waals surface area contributed by atoms with Gasteiger partial charge in [0.1, 0.15) is 0 Å². The number of rotatable bonds is 7. The van der Waals surface area contributed by atoms with Gasteiger partial charge in [0.05, 0.1) is 12.3 Å². The van der Waals surface area contributed by atoms with Crippen LogP contribution < -0.4 is 5.32 Å². The number of carbonyl (C=O) groups excluding carboxylic acids is 2. The molecule has 2 heterocycles. The van der Waals surface area contributed by atoms with E-state index in [0.717, 1.165) is 5.56 Å². The Kier molecular flexibility index (Phi) is 6.63. The third kappa shape index (κ3) is 5.31. The molecule has 7 nitrogen and oxygen atoms in total. The highest BCUT2D eigenvalue weighted by Gasteiger charge is 2.19. The van der Waals surface area contributed by atoms with E-state index in [0.29, 0.717) is 33.5 Å². The van der Waals surface area contributed by atoms with Gasteiger partial charge in [0, 0.05) is 5.56 Å². The number of nitrogens with zero attached hydrogens (tertiary/aromatic N) is 3. The molecule has 4 rings (SSSR count). The van der Waals surface area contributed by atoms with Gasteiger partial charge in [-0.3, -0.25) is 19.5 Å². The van der Waals surface area contributed by atoms with Gasteiger partial charge in [-0.1, -0.05) is 60.3 Å². The van der Waals surface area contributed by atoms with Crippen LogP contribution >= 0.6 is 27.7 Å². The maximum atomic E-state index is 12.3. The highest BCUT2D eigenvalue weighted by Crippen LogP contribution is 2.28. The summed E-state index contributed by atoms with van der Waals surface area (Å²) in [4.78, 5) is 24.5. The molecule has 4 aromatic rings. The second kappa shape index (κ2) is 9.76. The molecule has 0 fully saturated rings. The Balaban J connectivity index is 1.50. The molecule has 156 valence electrons. The van der Waals surface area contributed by atoms with E-state index in [2.05, 4.69) is 31.4 Å². The normalized spacial score (nSPS) is 10.7. The highest BCUT2D eigenvalue weighted by atomic mass is 79.9. The Labute approximate surface area is 191 Å². The summed E-state index contributed by atoms with van der Waals surface area (Å²) in [6.07, 6.45) is 0. The maximum absolute atomic E-state index is 12.3. The van der Waals surface area contributed by atoms with Gasteiger partial charge >= 0.3 is 0 Å². The predicted octanol–water partition coefficient (Wildman–Crippen LogP) is 4.40. The molecule has 1 N–H and O–H groups in total.